The highest BCUT2D eigenvalue weighted by Gasteiger charge is 2.49. The molecule has 0 unspecified atom stereocenters. The summed E-state index contributed by atoms with van der Waals surface area (Å²) in [6.45, 7) is 66.2. The summed E-state index contributed by atoms with van der Waals surface area (Å²) in [5, 5.41) is 6.84. The number of rotatable bonds is 52. The van der Waals surface area contributed by atoms with Crippen LogP contribution < -0.4 is 20.1 Å². The lowest BCUT2D eigenvalue weighted by molar-refractivity contribution is -0.123. The lowest BCUT2D eigenvalue weighted by Crippen LogP contribution is -2.54. The van der Waals surface area contributed by atoms with E-state index in [1.807, 2.05) is 0 Å². The molecule has 0 spiro atoms. The van der Waals surface area contributed by atoms with Gasteiger partial charge in [-0.2, -0.15) is 0 Å². The molecule has 0 atom stereocenters. The Kier molecular flexibility index (Phi) is 41.1. The Morgan fingerprint density at radius 2 is 0.532 bits per heavy atom. The topological polar surface area (TPSA) is 114 Å². The second kappa shape index (κ2) is 44.0. The third kappa shape index (κ3) is 26.3. The third-order valence-corrected chi connectivity index (χ3v) is 46.6. The number of benzene rings is 2. The van der Waals surface area contributed by atoms with Gasteiger partial charge in [0, 0.05) is 18.8 Å². The maximum absolute atomic E-state index is 13.5. The highest BCUT2D eigenvalue weighted by atomic mass is 28.4. The second-order valence-corrected chi connectivity index (χ2v) is 54.5. The smallest absolute Gasteiger partial charge is 0.220 e. The standard InChI is InChI=1S/C80H152N2O8Si4/c1-58(2)91(59(3)4,60(5)6)87-54-73(55-88-92(61(7)8,62(9)10)63(11)12)81-79(83)44-40-36-32-28-30-34-38-42-50-85-75-46-48-77(70(25)52-75)72(27)78-49-47-76(53-71(78)26)86-51-43-39-35-31-29-33-37-41-45-80(84)82-74(56-89-93(64(13)14,65(15)16)66(17)18)57-90-94(67(19)20,68(21)22)69(23)24/h46-49,52-53,58-69,72-74H,28-45,50-51,54-57H2,1-27H3,(H,81,83)(H,82,84). The van der Waals surface area contributed by atoms with Gasteiger partial charge in [0.15, 0.2) is 33.3 Å². The van der Waals surface area contributed by atoms with Crippen LogP contribution in [0.3, 0.4) is 0 Å². The van der Waals surface area contributed by atoms with Gasteiger partial charge in [-0.25, -0.2) is 0 Å². The molecule has 0 bridgehead atoms. The number of amides is 2. The Balaban J connectivity index is 1.74. The van der Waals surface area contributed by atoms with Crippen LogP contribution in [0.15, 0.2) is 36.4 Å². The van der Waals surface area contributed by atoms with Crippen LogP contribution >= 0.6 is 0 Å². The molecule has 0 heterocycles. The Hall–Kier alpha value is -2.31. The number of nitrogens with one attached hydrogen (secondary N) is 2. The predicted octanol–water partition coefficient (Wildman–Crippen LogP) is 24.0. The minimum atomic E-state index is -2.11. The molecular weight excluding hydrogens is 1230 g/mol. The zero-order valence-electron chi connectivity index (χ0n) is 66.4. The Morgan fingerprint density at radius 1 is 0.319 bits per heavy atom. The Bertz CT molecular complexity index is 2070. The van der Waals surface area contributed by atoms with E-state index in [2.05, 4.69) is 234 Å². The van der Waals surface area contributed by atoms with E-state index in [0.717, 1.165) is 76.1 Å². The molecule has 2 aromatic rings. The van der Waals surface area contributed by atoms with Crippen molar-refractivity contribution in [1.29, 1.82) is 0 Å². The lowest BCUT2D eigenvalue weighted by atomic mass is 9.87. The van der Waals surface area contributed by atoms with Crippen LogP contribution in [0.2, 0.25) is 66.5 Å². The van der Waals surface area contributed by atoms with Gasteiger partial charge < -0.3 is 37.8 Å². The summed E-state index contributed by atoms with van der Waals surface area (Å²) in [5.74, 6) is 2.42. The molecule has 0 fully saturated rings. The van der Waals surface area contributed by atoms with Crippen LogP contribution in [0.25, 0.3) is 0 Å². The van der Waals surface area contributed by atoms with Crippen molar-refractivity contribution in [3.8, 4) is 11.5 Å². The van der Waals surface area contributed by atoms with Gasteiger partial charge in [0.05, 0.1) is 51.7 Å². The van der Waals surface area contributed by atoms with E-state index in [1.54, 1.807) is 0 Å². The molecule has 0 aliphatic rings. The van der Waals surface area contributed by atoms with Crippen LogP contribution in [0.5, 0.6) is 11.5 Å². The number of carbonyl (C=O) groups excluding carboxylic acids is 2. The largest absolute Gasteiger partial charge is 0.494 e. The van der Waals surface area contributed by atoms with Crippen molar-refractivity contribution in [2.75, 3.05) is 39.6 Å². The van der Waals surface area contributed by atoms with Crippen LogP contribution in [0.4, 0.5) is 0 Å². The number of ether oxygens (including phenoxy) is 2. The van der Waals surface area contributed by atoms with Gasteiger partial charge >= 0.3 is 0 Å². The molecule has 2 amide bonds. The quantitative estimate of drug-likeness (QED) is 0.0497. The zero-order chi connectivity index (χ0) is 71.1. The normalized spacial score (nSPS) is 13.2. The molecule has 0 aliphatic heterocycles. The van der Waals surface area contributed by atoms with Gasteiger partial charge in [-0.15, -0.1) is 0 Å². The van der Waals surface area contributed by atoms with Crippen molar-refractivity contribution in [3.63, 3.8) is 0 Å². The molecule has 2 aromatic carbocycles. The van der Waals surface area contributed by atoms with Gasteiger partial charge in [0.1, 0.15) is 11.5 Å². The van der Waals surface area contributed by atoms with Crippen LogP contribution in [-0.2, 0) is 27.3 Å². The van der Waals surface area contributed by atoms with Gasteiger partial charge in [0.2, 0.25) is 11.8 Å². The number of hydrogen-bond donors (Lipinski definition) is 2. The fourth-order valence-electron chi connectivity index (χ4n) is 17.7. The molecule has 2 N–H and O–H groups in total. The average Bonchev–Trinajstić information content (AvgIpc) is 0.835. The molecule has 0 saturated heterocycles. The monoisotopic (exact) mass is 1380 g/mol. The molecule has 14 heteroatoms. The molecule has 0 aliphatic carbocycles. The molecule has 10 nitrogen and oxygen atoms in total. The second-order valence-electron chi connectivity index (χ2n) is 32.7. The van der Waals surface area contributed by atoms with Crippen molar-refractivity contribution in [2.24, 2.45) is 0 Å². The van der Waals surface area contributed by atoms with E-state index < -0.39 is 33.3 Å². The van der Waals surface area contributed by atoms with Crippen LogP contribution in [0, 0.1) is 13.8 Å². The SMILES string of the molecule is Cc1cc(OCCCCCCCCCCC(=O)NC(CO[Si](C(C)C)(C(C)C)C(C)C)CO[Si](C(C)C)(C(C)C)C(C)C)ccc1C(C)c1ccc(OCCCCCCCCCCC(=O)NC(CO[Si](C(C)C)(C(C)C)C(C)C)CO[Si](C(C)C)(C(C)C)C(C)C)cc1C. The first-order valence-corrected chi connectivity index (χ1v) is 47.3. The summed E-state index contributed by atoms with van der Waals surface area (Å²) >= 11 is 0. The molecule has 94 heavy (non-hydrogen) atoms. The summed E-state index contributed by atoms with van der Waals surface area (Å²) in [5.41, 5.74) is 11.0. The van der Waals surface area contributed by atoms with Crippen molar-refractivity contribution >= 4 is 45.1 Å². The van der Waals surface area contributed by atoms with Crippen LogP contribution in [-0.4, -0.2) is 96.8 Å². The highest BCUT2D eigenvalue weighted by Crippen LogP contribution is 2.46. The van der Waals surface area contributed by atoms with E-state index in [4.69, 9.17) is 27.2 Å². The van der Waals surface area contributed by atoms with E-state index in [1.165, 1.54) is 73.6 Å². The summed E-state index contributed by atoms with van der Waals surface area (Å²) in [7, 11) is -8.42. The third-order valence-electron chi connectivity index (χ3n) is 22.2. The van der Waals surface area contributed by atoms with E-state index in [9.17, 15) is 9.59 Å². The average molecular weight is 1380 g/mol. The van der Waals surface area contributed by atoms with Crippen molar-refractivity contribution in [2.45, 2.75) is 387 Å². The fraction of sp³-hybridized carbons (Fsp3) is 0.825. The van der Waals surface area contributed by atoms with Gasteiger partial charge in [-0.3, -0.25) is 9.59 Å². The highest BCUT2D eigenvalue weighted by molar-refractivity contribution is 6.79. The summed E-state index contributed by atoms with van der Waals surface area (Å²) in [6, 6.07) is 12.9. The van der Waals surface area contributed by atoms with Crippen molar-refractivity contribution in [1.82, 2.24) is 10.6 Å². The number of aryl methyl sites for hydroxylation is 2. The van der Waals surface area contributed by atoms with Gasteiger partial charge in [-0.1, -0.05) is 262 Å². The molecule has 0 saturated carbocycles. The van der Waals surface area contributed by atoms with E-state index >= 15 is 0 Å². The maximum Gasteiger partial charge on any atom is 0.220 e. The summed E-state index contributed by atoms with van der Waals surface area (Å²) < 4.78 is 40.9. The molecule has 2 rings (SSSR count). The number of unbranched alkanes of at least 4 members (excludes halogenated alkanes) is 14. The number of carbonyl (C=O) groups is 2. The Labute approximate surface area is 585 Å². The molecular formula is C80H152N2O8Si4. The van der Waals surface area contributed by atoms with E-state index in [0.29, 0.717) is 106 Å². The maximum atomic E-state index is 13.5. The first-order valence-electron chi connectivity index (χ1n) is 38.7. The summed E-state index contributed by atoms with van der Waals surface area (Å²) in [6.07, 6.45) is 19.2. The molecule has 0 aromatic heterocycles. The first kappa shape index (κ1) is 87.8. The van der Waals surface area contributed by atoms with Gasteiger partial charge in [-0.05, 0) is 153 Å². The minimum Gasteiger partial charge on any atom is -0.494 e. The summed E-state index contributed by atoms with van der Waals surface area (Å²) in [4.78, 5) is 27.1. The molecule has 546 valence electrons. The predicted molar refractivity (Wildman–Crippen MR) is 416 cm³/mol. The van der Waals surface area contributed by atoms with Crippen molar-refractivity contribution in [3.05, 3.63) is 58.7 Å². The fourth-order valence-corrected chi connectivity index (χ4v) is 39.7. The number of hydrogen-bond acceptors (Lipinski definition) is 8. The van der Waals surface area contributed by atoms with Gasteiger partial charge in [0.25, 0.3) is 0 Å². The minimum absolute atomic E-state index is 0.130. The first-order chi connectivity index (χ1) is 44.1. The van der Waals surface area contributed by atoms with Crippen LogP contribution in [0.1, 0.15) is 317 Å². The zero-order valence-corrected chi connectivity index (χ0v) is 70.4. The van der Waals surface area contributed by atoms with Crippen molar-refractivity contribution < 1.29 is 36.8 Å². The molecule has 0 radical (unpaired) electrons. The lowest BCUT2D eigenvalue weighted by Gasteiger charge is -2.44. The van der Waals surface area contributed by atoms with E-state index in [-0.39, 0.29) is 29.8 Å². The Morgan fingerprint density at radius 3 is 0.745 bits per heavy atom.